The molecule has 200 valence electrons. The molecule has 2 heterocycles. The number of ether oxygens (including phenoxy) is 1. The maximum atomic E-state index is 12.9. The summed E-state index contributed by atoms with van der Waals surface area (Å²) in [7, 11) is 1.36. The summed E-state index contributed by atoms with van der Waals surface area (Å²) < 4.78 is 4.78. The lowest BCUT2D eigenvalue weighted by Gasteiger charge is -2.40. The van der Waals surface area contributed by atoms with E-state index in [1.54, 1.807) is 0 Å². The first-order valence-electron chi connectivity index (χ1n) is 13.2. The van der Waals surface area contributed by atoms with Gasteiger partial charge in [0.1, 0.15) is 0 Å². The highest BCUT2D eigenvalue weighted by Crippen LogP contribution is 2.32. The van der Waals surface area contributed by atoms with Gasteiger partial charge in [-0.2, -0.15) is 0 Å². The molecule has 2 aromatic carbocycles. The molecule has 1 aliphatic heterocycles. The number of nitrogens with zero attached hydrogens (tertiary/aromatic N) is 4. The third-order valence-corrected chi connectivity index (χ3v) is 7.09. The Morgan fingerprint density at radius 3 is 2.26 bits per heavy atom. The molecular weight excluding hydrogens is 478 g/mol. The second-order valence-electron chi connectivity index (χ2n) is 9.41. The summed E-state index contributed by atoms with van der Waals surface area (Å²) in [5.41, 5.74) is 4.83. The van der Waals surface area contributed by atoms with Crippen molar-refractivity contribution in [3.63, 3.8) is 0 Å². The fourth-order valence-electron chi connectivity index (χ4n) is 5.00. The molecule has 0 unspecified atom stereocenters. The Balaban J connectivity index is 1.58. The lowest BCUT2D eigenvalue weighted by Crippen LogP contribution is -2.47. The van der Waals surface area contributed by atoms with Crippen LogP contribution in [0.3, 0.4) is 0 Å². The first kappa shape index (κ1) is 27.3. The first-order chi connectivity index (χ1) is 18.5. The molecule has 1 fully saturated rings. The molecule has 0 saturated carbocycles. The molecule has 0 radical (unpaired) electrons. The molecule has 0 bridgehead atoms. The second kappa shape index (κ2) is 13.2. The predicted molar refractivity (Wildman–Crippen MR) is 149 cm³/mol. The number of pyridine rings is 1. The number of aromatic nitrogens is 1. The summed E-state index contributed by atoms with van der Waals surface area (Å²) in [6.07, 6.45) is 3.18. The fourth-order valence-corrected chi connectivity index (χ4v) is 5.00. The van der Waals surface area contributed by atoms with Crippen LogP contribution in [0.2, 0.25) is 0 Å². The van der Waals surface area contributed by atoms with Crippen LogP contribution in [0.1, 0.15) is 46.9 Å². The lowest BCUT2D eigenvalue weighted by atomic mass is 9.94. The number of hydrogen-bond acceptors (Lipinski definition) is 6. The van der Waals surface area contributed by atoms with Crippen molar-refractivity contribution in [3.8, 4) is 0 Å². The summed E-state index contributed by atoms with van der Waals surface area (Å²) in [6.45, 7) is 9.93. The molecule has 1 atom stereocenters. The predicted octanol–water partition coefficient (Wildman–Crippen LogP) is 4.65. The van der Waals surface area contributed by atoms with E-state index in [0.717, 1.165) is 43.9 Å². The molecule has 1 N–H and O–H groups in total. The SMILES string of the molecule is CCN(CC)C(=O)c1ccc([C@@H](c2cccc(NC(=O)OC)c2)N2CCN(Cc3ccncc3)CC2)cc1. The Hall–Kier alpha value is -3.75. The minimum atomic E-state index is -0.498. The first-order valence-corrected chi connectivity index (χ1v) is 13.2. The average Bonchev–Trinajstić information content (AvgIpc) is 2.96. The quantitative estimate of drug-likeness (QED) is 0.447. The third-order valence-electron chi connectivity index (χ3n) is 7.09. The number of benzene rings is 2. The molecular formula is C30H37N5O3. The molecule has 8 heteroatoms. The van der Waals surface area contributed by atoms with Gasteiger partial charge in [-0.3, -0.25) is 24.9 Å². The van der Waals surface area contributed by atoms with Gasteiger partial charge in [0.25, 0.3) is 5.91 Å². The average molecular weight is 516 g/mol. The van der Waals surface area contributed by atoms with E-state index in [0.29, 0.717) is 24.3 Å². The van der Waals surface area contributed by atoms with Gasteiger partial charge in [-0.15, -0.1) is 0 Å². The van der Waals surface area contributed by atoms with E-state index in [2.05, 4.69) is 50.4 Å². The van der Waals surface area contributed by atoms with Gasteiger partial charge >= 0.3 is 6.09 Å². The van der Waals surface area contributed by atoms with Crippen molar-refractivity contribution in [1.29, 1.82) is 0 Å². The van der Waals surface area contributed by atoms with Crippen molar-refractivity contribution in [3.05, 3.63) is 95.3 Å². The molecule has 2 amide bonds. The number of rotatable bonds is 9. The van der Waals surface area contributed by atoms with Gasteiger partial charge < -0.3 is 9.64 Å². The van der Waals surface area contributed by atoms with Gasteiger partial charge in [-0.05, 0) is 66.9 Å². The number of anilines is 1. The number of amides is 2. The number of piperazine rings is 1. The highest BCUT2D eigenvalue weighted by molar-refractivity contribution is 5.94. The Kier molecular flexibility index (Phi) is 9.46. The Bertz CT molecular complexity index is 1190. The van der Waals surface area contributed by atoms with E-state index >= 15 is 0 Å². The highest BCUT2D eigenvalue weighted by atomic mass is 16.5. The minimum Gasteiger partial charge on any atom is -0.453 e. The topological polar surface area (TPSA) is 78.0 Å². The zero-order valence-electron chi connectivity index (χ0n) is 22.5. The van der Waals surface area contributed by atoms with Crippen LogP contribution in [0.25, 0.3) is 0 Å². The largest absolute Gasteiger partial charge is 0.453 e. The van der Waals surface area contributed by atoms with Crippen LogP contribution < -0.4 is 5.32 Å². The number of nitrogens with one attached hydrogen (secondary N) is 1. The number of hydrogen-bond donors (Lipinski definition) is 1. The number of methoxy groups -OCH3 is 1. The Morgan fingerprint density at radius 2 is 1.63 bits per heavy atom. The van der Waals surface area contributed by atoms with Crippen LogP contribution in [0, 0.1) is 0 Å². The van der Waals surface area contributed by atoms with Crippen molar-refractivity contribution in [2.75, 3.05) is 51.7 Å². The summed E-state index contributed by atoms with van der Waals surface area (Å²) in [6, 6.07) is 20.0. The highest BCUT2D eigenvalue weighted by Gasteiger charge is 2.27. The van der Waals surface area contributed by atoms with Crippen LogP contribution in [0.5, 0.6) is 0 Å². The monoisotopic (exact) mass is 515 g/mol. The molecule has 8 nitrogen and oxygen atoms in total. The molecule has 38 heavy (non-hydrogen) atoms. The summed E-state index contributed by atoms with van der Waals surface area (Å²) in [5.74, 6) is 0.0482. The molecule has 3 aromatic rings. The van der Waals surface area contributed by atoms with Crippen molar-refractivity contribution >= 4 is 17.7 Å². The van der Waals surface area contributed by atoms with Gasteiger partial charge in [-0.25, -0.2) is 4.79 Å². The minimum absolute atomic E-state index is 0.0184. The van der Waals surface area contributed by atoms with Crippen LogP contribution in [0.4, 0.5) is 10.5 Å². The van der Waals surface area contributed by atoms with Crippen LogP contribution in [-0.2, 0) is 11.3 Å². The smallest absolute Gasteiger partial charge is 0.411 e. The van der Waals surface area contributed by atoms with Gasteiger partial charge in [0.2, 0.25) is 0 Å². The molecule has 1 aliphatic rings. The van der Waals surface area contributed by atoms with Gasteiger partial charge in [-0.1, -0.05) is 24.3 Å². The summed E-state index contributed by atoms with van der Waals surface area (Å²) in [4.78, 5) is 35.6. The van der Waals surface area contributed by atoms with E-state index in [1.165, 1.54) is 12.7 Å². The van der Waals surface area contributed by atoms with E-state index in [-0.39, 0.29) is 11.9 Å². The molecule has 0 aliphatic carbocycles. The normalized spacial score (nSPS) is 15.0. The zero-order chi connectivity index (χ0) is 26.9. The fraction of sp³-hybridized carbons (Fsp3) is 0.367. The van der Waals surface area contributed by atoms with Gasteiger partial charge in [0, 0.05) is 69.5 Å². The summed E-state index contributed by atoms with van der Waals surface area (Å²) >= 11 is 0. The number of carbonyl (C=O) groups excluding carboxylic acids is 2. The molecule has 1 saturated heterocycles. The summed E-state index contributed by atoms with van der Waals surface area (Å²) in [5, 5.41) is 2.78. The maximum absolute atomic E-state index is 12.9. The van der Waals surface area contributed by atoms with E-state index in [1.807, 2.05) is 61.5 Å². The Morgan fingerprint density at radius 1 is 0.947 bits per heavy atom. The second-order valence-corrected chi connectivity index (χ2v) is 9.41. The molecule has 0 spiro atoms. The van der Waals surface area contributed by atoms with Gasteiger partial charge in [0.05, 0.1) is 13.2 Å². The maximum Gasteiger partial charge on any atom is 0.411 e. The van der Waals surface area contributed by atoms with Crippen LogP contribution in [0.15, 0.2) is 73.1 Å². The molecule has 4 rings (SSSR count). The lowest BCUT2D eigenvalue weighted by molar-refractivity contribution is 0.0772. The zero-order valence-corrected chi connectivity index (χ0v) is 22.5. The van der Waals surface area contributed by atoms with E-state index in [9.17, 15) is 9.59 Å². The van der Waals surface area contributed by atoms with Crippen molar-refractivity contribution in [2.45, 2.75) is 26.4 Å². The Labute approximate surface area is 225 Å². The van der Waals surface area contributed by atoms with E-state index in [4.69, 9.17) is 4.74 Å². The van der Waals surface area contributed by atoms with Crippen LogP contribution >= 0.6 is 0 Å². The van der Waals surface area contributed by atoms with Crippen molar-refractivity contribution < 1.29 is 14.3 Å². The van der Waals surface area contributed by atoms with E-state index < -0.39 is 6.09 Å². The van der Waals surface area contributed by atoms with Crippen molar-refractivity contribution in [1.82, 2.24) is 19.7 Å². The third kappa shape index (κ3) is 6.76. The van der Waals surface area contributed by atoms with Gasteiger partial charge in [0.15, 0.2) is 0 Å². The standard InChI is InChI=1S/C30H37N5O3/c1-4-34(5-2)29(36)25-11-9-24(10-12-25)28(26-7-6-8-27(21-26)32-30(37)38-3)35-19-17-33(18-20-35)22-23-13-15-31-16-14-23/h6-16,21,28H,4-5,17-20,22H2,1-3H3,(H,32,37)/t28-/m0/s1. The van der Waals surface area contributed by atoms with Crippen molar-refractivity contribution in [2.24, 2.45) is 0 Å². The molecule has 1 aromatic heterocycles. The van der Waals surface area contributed by atoms with Crippen LogP contribution in [-0.4, -0.2) is 78.1 Å². The number of carbonyl (C=O) groups is 2.